The van der Waals surface area contributed by atoms with Crippen LogP contribution in [-0.2, 0) is 13.5 Å². The van der Waals surface area contributed by atoms with Gasteiger partial charge < -0.3 is 10.5 Å². The molecule has 2 aromatic rings. The first-order valence-electron chi connectivity index (χ1n) is 6.11. The Morgan fingerprint density at radius 3 is 2.61 bits per heavy atom. The Kier molecular flexibility index (Phi) is 3.99. The summed E-state index contributed by atoms with van der Waals surface area (Å²) in [5.41, 5.74) is 8.10. The maximum Gasteiger partial charge on any atom is 0.119 e. The van der Waals surface area contributed by atoms with Crippen LogP contribution in [0.5, 0.6) is 5.75 Å². The number of aromatic nitrogens is 2. The fraction of sp³-hybridized carbons (Fsp3) is 0.357. The highest BCUT2D eigenvalue weighted by Gasteiger charge is 2.00. The van der Waals surface area contributed by atoms with Crippen molar-refractivity contribution >= 4 is 0 Å². The van der Waals surface area contributed by atoms with E-state index >= 15 is 0 Å². The lowest BCUT2D eigenvalue weighted by Gasteiger charge is -2.08. The predicted octanol–water partition coefficient (Wildman–Crippen LogP) is 2.06. The SMILES string of the molecule is CC(N)c1ccc(OCCc2cnn(C)c2)cc1. The number of rotatable bonds is 5. The molecule has 0 saturated heterocycles. The van der Waals surface area contributed by atoms with Crippen LogP contribution in [0.3, 0.4) is 0 Å². The quantitative estimate of drug-likeness (QED) is 0.877. The second-order valence-electron chi connectivity index (χ2n) is 4.48. The first kappa shape index (κ1) is 12.6. The summed E-state index contributed by atoms with van der Waals surface area (Å²) in [5.74, 6) is 0.878. The Balaban J connectivity index is 1.83. The number of hydrogen-bond donors (Lipinski definition) is 1. The number of benzene rings is 1. The molecule has 2 N–H and O–H groups in total. The number of ether oxygens (including phenoxy) is 1. The van der Waals surface area contributed by atoms with Crippen molar-refractivity contribution in [3.05, 3.63) is 47.8 Å². The molecule has 0 spiro atoms. The van der Waals surface area contributed by atoms with E-state index in [1.54, 1.807) is 4.68 Å². The van der Waals surface area contributed by atoms with E-state index in [-0.39, 0.29) is 6.04 Å². The molecule has 1 aromatic heterocycles. The summed E-state index contributed by atoms with van der Waals surface area (Å²) in [6, 6.07) is 7.99. The van der Waals surface area contributed by atoms with Crippen LogP contribution >= 0.6 is 0 Å². The average Bonchev–Trinajstić information content (AvgIpc) is 2.76. The van der Waals surface area contributed by atoms with E-state index < -0.39 is 0 Å². The number of aryl methyl sites for hydroxylation is 1. The molecule has 1 aromatic carbocycles. The van der Waals surface area contributed by atoms with Gasteiger partial charge in [-0.3, -0.25) is 4.68 Å². The van der Waals surface area contributed by atoms with Crippen LogP contribution in [0.15, 0.2) is 36.7 Å². The molecule has 4 heteroatoms. The molecule has 1 heterocycles. The van der Waals surface area contributed by atoms with Gasteiger partial charge >= 0.3 is 0 Å². The van der Waals surface area contributed by atoms with Crippen molar-refractivity contribution < 1.29 is 4.74 Å². The van der Waals surface area contributed by atoms with Gasteiger partial charge in [-0.05, 0) is 30.2 Å². The molecular weight excluding hydrogens is 226 g/mol. The number of nitrogens with two attached hydrogens (primary N) is 1. The summed E-state index contributed by atoms with van der Waals surface area (Å²) in [6.07, 6.45) is 4.73. The van der Waals surface area contributed by atoms with Crippen LogP contribution in [0.25, 0.3) is 0 Å². The zero-order valence-electron chi connectivity index (χ0n) is 10.8. The van der Waals surface area contributed by atoms with Gasteiger partial charge in [-0.2, -0.15) is 5.10 Å². The van der Waals surface area contributed by atoms with Crippen LogP contribution < -0.4 is 10.5 Å². The average molecular weight is 245 g/mol. The molecule has 0 aliphatic heterocycles. The smallest absolute Gasteiger partial charge is 0.119 e. The van der Waals surface area contributed by atoms with Crippen LogP contribution in [0.1, 0.15) is 24.1 Å². The summed E-state index contributed by atoms with van der Waals surface area (Å²) < 4.78 is 7.47. The third kappa shape index (κ3) is 3.34. The second kappa shape index (κ2) is 5.69. The van der Waals surface area contributed by atoms with Crippen LogP contribution in [0.4, 0.5) is 0 Å². The largest absolute Gasteiger partial charge is 0.493 e. The van der Waals surface area contributed by atoms with Crippen molar-refractivity contribution in [2.45, 2.75) is 19.4 Å². The van der Waals surface area contributed by atoms with Gasteiger partial charge in [0.15, 0.2) is 0 Å². The molecule has 96 valence electrons. The lowest BCUT2D eigenvalue weighted by Crippen LogP contribution is -2.05. The molecular formula is C14H19N3O. The molecule has 1 unspecified atom stereocenters. The van der Waals surface area contributed by atoms with Crippen molar-refractivity contribution in [1.82, 2.24) is 9.78 Å². The van der Waals surface area contributed by atoms with Crippen LogP contribution in [0, 0.1) is 0 Å². The number of hydrogen-bond acceptors (Lipinski definition) is 3. The van der Waals surface area contributed by atoms with Crippen LogP contribution in [-0.4, -0.2) is 16.4 Å². The Hall–Kier alpha value is -1.81. The van der Waals surface area contributed by atoms with Crippen molar-refractivity contribution in [2.75, 3.05) is 6.61 Å². The van der Waals surface area contributed by atoms with E-state index in [1.807, 2.05) is 50.6 Å². The minimum Gasteiger partial charge on any atom is -0.493 e. The minimum atomic E-state index is 0.0643. The van der Waals surface area contributed by atoms with E-state index in [2.05, 4.69) is 5.10 Å². The van der Waals surface area contributed by atoms with E-state index in [9.17, 15) is 0 Å². The first-order chi connectivity index (χ1) is 8.65. The molecule has 4 nitrogen and oxygen atoms in total. The Labute approximate surface area is 107 Å². The maximum atomic E-state index is 5.79. The Morgan fingerprint density at radius 2 is 2.06 bits per heavy atom. The maximum absolute atomic E-state index is 5.79. The first-order valence-corrected chi connectivity index (χ1v) is 6.11. The highest BCUT2D eigenvalue weighted by atomic mass is 16.5. The molecule has 0 bridgehead atoms. The van der Waals surface area contributed by atoms with Crippen molar-refractivity contribution in [2.24, 2.45) is 12.8 Å². The monoisotopic (exact) mass is 245 g/mol. The summed E-state index contributed by atoms with van der Waals surface area (Å²) in [7, 11) is 1.91. The van der Waals surface area contributed by atoms with Crippen molar-refractivity contribution in [1.29, 1.82) is 0 Å². The second-order valence-corrected chi connectivity index (χ2v) is 4.48. The zero-order chi connectivity index (χ0) is 13.0. The molecule has 0 saturated carbocycles. The molecule has 18 heavy (non-hydrogen) atoms. The van der Waals surface area contributed by atoms with E-state index in [0.29, 0.717) is 6.61 Å². The van der Waals surface area contributed by atoms with E-state index in [4.69, 9.17) is 10.5 Å². The molecule has 0 aliphatic rings. The van der Waals surface area contributed by atoms with Crippen molar-refractivity contribution in [3.63, 3.8) is 0 Å². The van der Waals surface area contributed by atoms with E-state index in [1.165, 1.54) is 5.56 Å². The lowest BCUT2D eigenvalue weighted by molar-refractivity contribution is 0.322. The predicted molar refractivity (Wildman–Crippen MR) is 71.5 cm³/mol. The topological polar surface area (TPSA) is 53.1 Å². The highest BCUT2D eigenvalue weighted by Crippen LogP contribution is 2.16. The molecule has 1 atom stereocenters. The molecule has 0 amide bonds. The van der Waals surface area contributed by atoms with Gasteiger partial charge in [0.05, 0.1) is 12.8 Å². The highest BCUT2D eigenvalue weighted by molar-refractivity contribution is 5.28. The fourth-order valence-corrected chi connectivity index (χ4v) is 1.76. The zero-order valence-corrected chi connectivity index (χ0v) is 10.8. The normalized spacial score (nSPS) is 12.4. The molecule has 2 rings (SSSR count). The molecule has 0 fully saturated rings. The third-order valence-electron chi connectivity index (χ3n) is 2.82. The van der Waals surface area contributed by atoms with Gasteiger partial charge in [0.25, 0.3) is 0 Å². The lowest BCUT2D eigenvalue weighted by atomic mass is 10.1. The van der Waals surface area contributed by atoms with Gasteiger partial charge in [-0.25, -0.2) is 0 Å². The molecule has 0 radical (unpaired) electrons. The minimum absolute atomic E-state index is 0.0643. The third-order valence-corrected chi connectivity index (χ3v) is 2.82. The summed E-state index contributed by atoms with van der Waals surface area (Å²) in [5, 5.41) is 4.12. The van der Waals surface area contributed by atoms with Crippen LogP contribution in [0.2, 0.25) is 0 Å². The van der Waals surface area contributed by atoms with Gasteiger partial charge in [0.1, 0.15) is 5.75 Å². The van der Waals surface area contributed by atoms with E-state index in [0.717, 1.165) is 17.7 Å². The van der Waals surface area contributed by atoms with Gasteiger partial charge in [-0.15, -0.1) is 0 Å². The summed E-state index contributed by atoms with van der Waals surface area (Å²) >= 11 is 0. The Morgan fingerprint density at radius 1 is 1.33 bits per heavy atom. The van der Waals surface area contributed by atoms with Crippen molar-refractivity contribution in [3.8, 4) is 5.75 Å². The standard InChI is InChI=1S/C14H19N3O/c1-11(15)13-3-5-14(6-4-13)18-8-7-12-9-16-17(2)10-12/h3-6,9-11H,7-8,15H2,1-2H3. The summed E-state index contributed by atoms with van der Waals surface area (Å²) in [6.45, 7) is 2.63. The molecule has 0 aliphatic carbocycles. The summed E-state index contributed by atoms with van der Waals surface area (Å²) in [4.78, 5) is 0. The number of nitrogens with zero attached hydrogens (tertiary/aromatic N) is 2. The Bertz CT molecular complexity index is 488. The van der Waals surface area contributed by atoms with Gasteiger partial charge in [0, 0.05) is 25.7 Å². The van der Waals surface area contributed by atoms with Gasteiger partial charge in [0.2, 0.25) is 0 Å². The fourth-order valence-electron chi connectivity index (χ4n) is 1.76. The van der Waals surface area contributed by atoms with Gasteiger partial charge in [-0.1, -0.05) is 12.1 Å².